The molecule has 1 nitrogen and oxygen atoms in total. The molecular formula is C21H44OSi2. The fraction of sp³-hybridized carbons (Fsp3) is 0.905. The van der Waals surface area contributed by atoms with Gasteiger partial charge < -0.3 is 4.43 Å². The van der Waals surface area contributed by atoms with Crippen molar-refractivity contribution in [1.29, 1.82) is 0 Å². The van der Waals surface area contributed by atoms with E-state index in [1.54, 1.807) is 5.57 Å². The Morgan fingerprint density at radius 1 is 1.17 bits per heavy atom. The van der Waals surface area contributed by atoms with Crippen LogP contribution in [0, 0.1) is 17.3 Å². The Balaban J connectivity index is 2.92. The summed E-state index contributed by atoms with van der Waals surface area (Å²) >= 11 is 0. The van der Waals surface area contributed by atoms with E-state index in [4.69, 9.17) is 4.43 Å². The lowest BCUT2D eigenvalue weighted by Crippen LogP contribution is -2.42. The summed E-state index contributed by atoms with van der Waals surface area (Å²) in [4.78, 5) is 0. The van der Waals surface area contributed by atoms with Crippen LogP contribution in [0.25, 0.3) is 0 Å². The van der Waals surface area contributed by atoms with Crippen LogP contribution in [0.2, 0.25) is 43.3 Å². The lowest BCUT2D eigenvalue weighted by molar-refractivity contribution is 0.153. The van der Waals surface area contributed by atoms with E-state index < -0.39 is 16.4 Å². The normalized spacial score (nSPS) is 29.6. The molecule has 0 aromatic heterocycles. The molecule has 0 amide bonds. The molecule has 24 heavy (non-hydrogen) atoms. The van der Waals surface area contributed by atoms with Gasteiger partial charge in [-0.15, -0.1) is 0 Å². The first-order valence-corrected chi connectivity index (χ1v) is 16.4. The number of hydrogen-bond acceptors (Lipinski definition) is 1. The summed E-state index contributed by atoms with van der Waals surface area (Å²) in [6, 6.07) is 0. The van der Waals surface area contributed by atoms with Crippen LogP contribution in [0.4, 0.5) is 0 Å². The van der Waals surface area contributed by atoms with E-state index in [1.165, 1.54) is 6.42 Å². The highest BCUT2D eigenvalue weighted by Crippen LogP contribution is 2.60. The molecule has 0 aliphatic heterocycles. The van der Waals surface area contributed by atoms with Crippen LogP contribution in [-0.2, 0) is 4.43 Å². The number of hydrogen-bond donors (Lipinski definition) is 0. The maximum Gasteiger partial charge on any atom is 0.191 e. The van der Waals surface area contributed by atoms with Crippen LogP contribution >= 0.6 is 0 Å². The molecule has 0 aromatic rings. The third-order valence-corrected chi connectivity index (χ3v) is 14.4. The highest BCUT2D eigenvalue weighted by molar-refractivity contribution is 6.78. The SMILES string of the molecule is C=C1[C@@H]([Si](C)(C)C)C[C@@H](C(C)C)[C@]1(C)CCO[Si](C)(C)C(C)(C)C. The highest BCUT2D eigenvalue weighted by atomic mass is 28.4. The Morgan fingerprint density at radius 3 is 2.04 bits per heavy atom. The maximum atomic E-state index is 6.53. The van der Waals surface area contributed by atoms with Crippen LogP contribution in [-0.4, -0.2) is 23.0 Å². The molecule has 1 aliphatic rings. The Bertz CT molecular complexity index is 453. The molecule has 0 unspecified atom stereocenters. The molecular weight excluding hydrogens is 324 g/mol. The minimum absolute atomic E-state index is 0.251. The van der Waals surface area contributed by atoms with E-state index >= 15 is 0 Å². The second-order valence-electron chi connectivity index (χ2n) is 11.3. The smallest absolute Gasteiger partial charge is 0.191 e. The molecule has 1 fully saturated rings. The first kappa shape index (κ1) is 22.2. The van der Waals surface area contributed by atoms with E-state index in [2.05, 4.69) is 80.9 Å². The zero-order valence-corrected chi connectivity index (χ0v) is 20.5. The van der Waals surface area contributed by atoms with Gasteiger partial charge >= 0.3 is 0 Å². The van der Waals surface area contributed by atoms with E-state index in [0.717, 1.165) is 30.4 Å². The Labute approximate surface area is 154 Å². The van der Waals surface area contributed by atoms with Crippen molar-refractivity contribution in [3.05, 3.63) is 12.2 Å². The van der Waals surface area contributed by atoms with Gasteiger partial charge in [0, 0.05) is 6.61 Å². The molecule has 0 aromatic carbocycles. The summed E-state index contributed by atoms with van der Waals surface area (Å²) < 4.78 is 6.53. The zero-order valence-electron chi connectivity index (χ0n) is 18.5. The molecule has 0 N–H and O–H groups in total. The van der Waals surface area contributed by atoms with Gasteiger partial charge in [0.1, 0.15) is 0 Å². The molecule has 0 bridgehead atoms. The highest BCUT2D eigenvalue weighted by Gasteiger charge is 2.51. The number of allylic oxidation sites excluding steroid dienone is 1. The predicted molar refractivity (Wildman–Crippen MR) is 115 cm³/mol. The van der Waals surface area contributed by atoms with Crippen molar-refractivity contribution in [3.63, 3.8) is 0 Å². The first-order valence-electron chi connectivity index (χ1n) is 9.87. The quantitative estimate of drug-likeness (QED) is 0.352. The van der Waals surface area contributed by atoms with E-state index in [9.17, 15) is 0 Å². The number of rotatable bonds is 6. The van der Waals surface area contributed by atoms with Gasteiger partial charge in [0.15, 0.2) is 8.32 Å². The molecule has 3 atom stereocenters. The van der Waals surface area contributed by atoms with Crippen molar-refractivity contribution < 1.29 is 4.43 Å². The van der Waals surface area contributed by atoms with Crippen LogP contribution in [0.3, 0.4) is 0 Å². The molecule has 0 spiro atoms. The molecule has 142 valence electrons. The van der Waals surface area contributed by atoms with Gasteiger partial charge in [-0.2, -0.15) is 0 Å². The zero-order chi connectivity index (χ0) is 19.1. The van der Waals surface area contributed by atoms with Gasteiger partial charge in [-0.05, 0) is 53.8 Å². The monoisotopic (exact) mass is 368 g/mol. The summed E-state index contributed by atoms with van der Waals surface area (Å²) in [6.45, 7) is 32.1. The topological polar surface area (TPSA) is 9.23 Å². The van der Waals surface area contributed by atoms with Crippen LogP contribution in [0.1, 0.15) is 54.4 Å². The van der Waals surface area contributed by atoms with Crippen LogP contribution in [0.15, 0.2) is 12.2 Å². The Morgan fingerprint density at radius 2 is 1.67 bits per heavy atom. The summed E-state index contributed by atoms with van der Waals surface area (Å²) in [7, 11) is -2.86. The van der Waals surface area contributed by atoms with Gasteiger partial charge in [-0.3, -0.25) is 0 Å². The van der Waals surface area contributed by atoms with Crippen molar-refractivity contribution >= 4 is 16.4 Å². The maximum absolute atomic E-state index is 6.53. The fourth-order valence-corrected chi connectivity index (χ4v) is 7.64. The third kappa shape index (κ3) is 4.45. The summed E-state index contributed by atoms with van der Waals surface area (Å²) in [5.74, 6) is 1.48. The van der Waals surface area contributed by atoms with E-state index in [-0.39, 0.29) is 5.41 Å². The van der Waals surface area contributed by atoms with Crippen molar-refractivity contribution in [2.24, 2.45) is 17.3 Å². The molecule has 1 aliphatic carbocycles. The van der Waals surface area contributed by atoms with Gasteiger partial charge in [0.25, 0.3) is 0 Å². The van der Waals surface area contributed by atoms with Gasteiger partial charge in [0.2, 0.25) is 0 Å². The lowest BCUT2D eigenvalue weighted by Gasteiger charge is -2.40. The standard InChI is InChI=1S/C21H44OSi2/c1-16(2)18-15-19(23(8,9)10)17(3)21(18,7)13-14-22-24(11,12)20(4,5)6/h16,18-19H,3,13-15H2,1-2,4-12H3/t18-,19-,21+/m0/s1. The predicted octanol–water partition coefficient (Wildman–Crippen LogP) is 7.35. The van der Waals surface area contributed by atoms with Gasteiger partial charge in [0.05, 0.1) is 8.07 Å². The van der Waals surface area contributed by atoms with Crippen molar-refractivity contribution in [3.8, 4) is 0 Å². The second kappa shape index (κ2) is 7.04. The van der Waals surface area contributed by atoms with Crippen molar-refractivity contribution in [2.75, 3.05) is 6.61 Å². The summed E-state index contributed by atoms with van der Waals surface area (Å²) in [5, 5.41) is 0.291. The Kier molecular flexibility index (Phi) is 6.50. The minimum atomic E-state index is -1.66. The summed E-state index contributed by atoms with van der Waals surface area (Å²) in [6.07, 6.45) is 2.49. The largest absolute Gasteiger partial charge is 0.417 e. The van der Waals surface area contributed by atoms with Gasteiger partial charge in [-0.1, -0.05) is 73.3 Å². The van der Waals surface area contributed by atoms with E-state index in [0.29, 0.717) is 5.04 Å². The van der Waals surface area contributed by atoms with E-state index in [1.807, 2.05) is 0 Å². The third-order valence-electron chi connectivity index (χ3n) is 7.20. The minimum Gasteiger partial charge on any atom is -0.417 e. The van der Waals surface area contributed by atoms with Crippen molar-refractivity contribution in [2.45, 2.75) is 97.7 Å². The molecule has 1 rings (SSSR count). The molecule has 0 radical (unpaired) electrons. The van der Waals surface area contributed by atoms with Gasteiger partial charge in [-0.25, -0.2) is 0 Å². The Hall–Kier alpha value is 0.134. The van der Waals surface area contributed by atoms with Crippen molar-refractivity contribution in [1.82, 2.24) is 0 Å². The lowest BCUT2D eigenvalue weighted by atomic mass is 9.70. The summed E-state index contributed by atoms with van der Waals surface area (Å²) in [5.41, 5.74) is 2.56. The average molecular weight is 369 g/mol. The fourth-order valence-electron chi connectivity index (χ4n) is 4.26. The molecule has 3 heteroatoms. The second-order valence-corrected chi connectivity index (χ2v) is 21.5. The first-order chi connectivity index (χ1) is 10.5. The molecule has 1 saturated carbocycles. The molecule has 0 saturated heterocycles. The van der Waals surface area contributed by atoms with Crippen LogP contribution in [0.5, 0.6) is 0 Å². The molecule has 0 heterocycles. The van der Waals surface area contributed by atoms with Crippen LogP contribution < -0.4 is 0 Å². The average Bonchev–Trinajstić information content (AvgIpc) is 2.60.